The molecule has 0 atom stereocenters. The number of halogens is 2. The van der Waals surface area contributed by atoms with Crippen molar-refractivity contribution < 1.29 is 14.4 Å². The summed E-state index contributed by atoms with van der Waals surface area (Å²) >= 11 is 9.54. The summed E-state index contributed by atoms with van der Waals surface area (Å²) in [6, 6.07) is 5.26. The molecule has 4 nitrogen and oxygen atoms in total. The van der Waals surface area contributed by atoms with Crippen molar-refractivity contribution in [2.75, 3.05) is 0 Å². The second-order valence-electron chi connectivity index (χ2n) is 5.18. The van der Waals surface area contributed by atoms with E-state index >= 15 is 0 Å². The van der Waals surface area contributed by atoms with Crippen molar-refractivity contribution in [1.29, 1.82) is 0 Å². The van der Waals surface area contributed by atoms with Crippen LogP contribution in [0.5, 0.6) is 0 Å². The second kappa shape index (κ2) is 5.81. The summed E-state index contributed by atoms with van der Waals surface area (Å²) in [7, 11) is 0. The highest BCUT2D eigenvalue weighted by molar-refractivity contribution is 9.10. The predicted octanol–water partition coefficient (Wildman–Crippen LogP) is 5.11. The normalized spacial score (nSPS) is 15.5. The SMILES string of the molecule is O=C(O)c1c(-c2ccc(Br)cc2Cl)noc1C1CCCC1. The van der Waals surface area contributed by atoms with Crippen LogP contribution < -0.4 is 0 Å². The maximum atomic E-state index is 11.7. The molecule has 0 radical (unpaired) electrons. The van der Waals surface area contributed by atoms with Crippen LogP contribution in [0.25, 0.3) is 11.3 Å². The molecular formula is C15H13BrClNO3. The molecular weight excluding hydrogens is 358 g/mol. The fourth-order valence-corrected chi connectivity index (χ4v) is 3.60. The van der Waals surface area contributed by atoms with Gasteiger partial charge in [0.2, 0.25) is 0 Å². The zero-order valence-corrected chi connectivity index (χ0v) is 13.4. The summed E-state index contributed by atoms with van der Waals surface area (Å²) in [6.07, 6.45) is 4.09. The van der Waals surface area contributed by atoms with E-state index in [1.54, 1.807) is 18.2 Å². The lowest BCUT2D eigenvalue weighted by Crippen LogP contribution is -2.04. The van der Waals surface area contributed by atoms with Crippen LogP contribution in [0.15, 0.2) is 27.2 Å². The molecule has 1 fully saturated rings. The Labute approximate surface area is 135 Å². The van der Waals surface area contributed by atoms with Crippen LogP contribution in [-0.2, 0) is 0 Å². The van der Waals surface area contributed by atoms with Crippen molar-refractivity contribution in [1.82, 2.24) is 5.16 Å². The van der Waals surface area contributed by atoms with Gasteiger partial charge in [0.25, 0.3) is 0 Å². The molecule has 1 aliphatic rings. The number of hydrogen-bond donors (Lipinski definition) is 1. The molecule has 1 aliphatic carbocycles. The Morgan fingerprint density at radius 1 is 1.38 bits per heavy atom. The van der Waals surface area contributed by atoms with Gasteiger partial charge >= 0.3 is 5.97 Å². The molecule has 1 heterocycles. The summed E-state index contributed by atoms with van der Waals surface area (Å²) in [4.78, 5) is 11.7. The zero-order chi connectivity index (χ0) is 15.0. The first-order chi connectivity index (χ1) is 10.1. The topological polar surface area (TPSA) is 63.3 Å². The van der Waals surface area contributed by atoms with Crippen LogP contribution in [0.2, 0.25) is 5.02 Å². The molecule has 1 N–H and O–H groups in total. The molecule has 3 rings (SSSR count). The highest BCUT2D eigenvalue weighted by Gasteiger charge is 2.31. The number of hydrogen-bond acceptors (Lipinski definition) is 3. The Morgan fingerprint density at radius 2 is 2.10 bits per heavy atom. The van der Waals surface area contributed by atoms with E-state index in [-0.39, 0.29) is 11.5 Å². The summed E-state index contributed by atoms with van der Waals surface area (Å²) in [5.74, 6) is -0.396. The number of carboxylic acids is 1. The van der Waals surface area contributed by atoms with Gasteiger partial charge in [0, 0.05) is 16.0 Å². The monoisotopic (exact) mass is 369 g/mol. The van der Waals surface area contributed by atoms with E-state index in [4.69, 9.17) is 16.1 Å². The second-order valence-corrected chi connectivity index (χ2v) is 6.50. The lowest BCUT2D eigenvalue weighted by molar-refractivity contribution is 0.0694. The molecule has 0 amide bonds. The van der Waals surface area contributed by atoms with Crippen LogP contribution in [0.1, 0.15) is 47.7 Å². The van der Waals surface area contributed by atoms with E-state index in [0.29, 0.717) is 22.0 Å². The molecule has 0 bridgehead atoms. The third kappa shape index (κ3) is 2.72. The zero-order valence-electron chi connectivity index (χ0n) is 11.1. The van der Waals surface area contributed by atoms with Crippen LogP contribution in [0.3, 0.4) is 0 Å². The van der Waals surface area contributed by atoms with E-state index in [2.05, 4.69) is 21.1 Å². The predicted molar refractivity (Wildman–Crippen MR) is 82.8 cm³/mol. The maximum Gasteiger partial charge on any atom is 0.341 e. The van der Waals surface area contributed by atoms with Gasteiger partial charge < -0.3 is 9.63 Å². The Balaban J connectivity index is 2.12. The number of rotatable bonds is 3. The smallest absolute Gasteiger partial charge is 0.341 e. The van der Waals surface area contributed by atoms with Gasteiger partial charge in [-0.1, -0.05) is 51.6 Å². The standard InChI is InChI=1S/C15H13BrClNO3/c16-9-5-6-10(11(17)7-9)13-12(15(19)20)14(21-18-13)8-3-1-2-4-8/h5-8H,1-4H2,(H,19,20). The number of carboxylic acid groups (broad SMARTS) is 1. The van der Waals surface area contributed by atoms with Crippen molar-refractivity contribution in [2.24, 2.45) is 0 Å². The van der Waals surface area contributed by atoms with Gasteiger partial charge in [0.1, 0.15) is 11.3 Å². The third-order valence-corrected chi connectivity index (χ3v) is 4.65. The van der Waals surface area contributed by atoms with Crippen molar-refractivity contribution in [2.45, 2.75) is 31.6 Å². The first-order valence-electron chi connectivity index (χ1n) is 6.76. The highest BCUT2D eigenvalue weighted by Crippen LogP contribution is 2.40. The number of nitrogens with zero attached hydrogens (tertiary/aromatic N) is 1. The van der Waals surface area contributed by atoms with Gasteiger partial charge in [-0.3, -0.25) is 0 Å². The Bertz CT molecular complexity index is 692. The number of aromatic nitrogens is 1. The summed E-state index contributed by atoms with van der Waals surface area (Å²) in [5.41, 5.74) is 1.03. The van der Waals surface area contributed by atoms with Gasteiger partial charge in [-0.05, 0) is 25.0 Å². The summed E-state index contributed by atoms with van der Waals surface area (Å²) < 4.78 is 6.21. The van der Waals surface area contributed by atoms with E-state index in [0.717, 1.165) is 30.2 Å². The lowest BCUT2D eigenvalue weighted by atomic mass is 9.97. The molecule has 2 aromatic rings. The van der Waals surface area contributed by atoms with E-state index < -0.39 is 5.97 Å². The van der Waals surface area contributed by atoms with Crippen LogP contribution >= 0.6 is 27.5 Å². The van der Waals surface area contributed by atoms with Gasteiger partial charge in [0.15, 0.2) is 5.76 Å². The van der Waals surface area contributed by atoms with Crippen molar-refractivity contribution in [3.63, 3.8) is 0 Å². The number of aromatic carboxylic acids is 1. The van der Waals surface area contributed by atoms with Gasteiger partial charge in [0.05, 0.1) is 5.02 Å². The molecule has 0 aliphatic heterocycles. The van der Waals surface area contributed by atoms with E-state index in [9.17, 15) is 9.90 Å². The van der Waals surface area contributed by atoms with E-state index in [1.165, 1.54) is 0 Å². The van der Waals surface area contributed by atoms with Crippen LogP contribution in [0, 0.1) is 0 Å². The van der Waals surface area contributed by atoms with Crippen LogP contribution in [-0.4, -0.2) is 16.2 Å². The minimum Gasteiger partial charge on any atom is -0.477 e. The van der Waals surface area contributed by atoms with E-state index in [1.807, 2.05) is 0 Å². The van der Waals surface area contributed by atoms with Gasteiger partial charge in [-0.2, -0.15) is 0 Å². The molecule has 1 aromatic heterocycles. The van der Waals surface area contributed by atoms with Crippen molar-refractivity contribution in [3.05, 3.63) is 39.0 Å². The molecule has 0 spiro atoms. The number of benzene rings is 1. The minimum absolute atomic E-state index is 0.145. The average molecular weight is 371 g/mol. The molecule has 1 saturated carbocycles. The lowest BCUT2D eigenvalue weighted by Gasteiger charge is -2.06. The Hall–Kier alpha value is -1.33. The maximum absolute atomic E-state index is 11.7. The minimum atomic E-state index is -1.02. The van der Waals surface area contributed by atoms with Crippen LogP contribution in [0.4, 0.5) is 0 Å². The van der Waals surface area contributed by atoms with Crippen molar-refractivity contribution in [3.8, 4) is 11.3 Å². The Morgan fingerprint density at radius 3 is 2.71 bits per heavy atom. The molecule has 1 aromatic carbocycles. The van der Waals surface area contributed by atoms with Gasteiger partial charge in [-0.25, -0.2) is 4.79 Å². The first-order valence-corrected chi connectivity index (χ1v) is 7.93. The fourth-order valence-electron chi connectivity index (χ4n) is 2.84. The fraction of sp³-hybridized carbons (Fsp3) is 0.333. The quantitative estimate of drug-likeness (QED) is 0.815. The highest BCUT2D eigenvalue weighted by atomic mass is 79.9. The third-order valence-electron chi connectivity index (χ3n) is 3.84. The molecule has 0 saturated heterocycles. The molecule has 6 heteroatoms. The average Bonchev–Trinajstić information content (AvgIpc) is 3.07. The Kier molecular flexibility index (Phi) is 4.04. The molecule has 0 unspecified atom stereocenters. The molecule has 110 valence electrons. The molecule has 21 heavy (non-hydrogen) atoms. The summed E-state index contributed by atoms with van der Waals surface area (Å²) in [6.45, 7) is 0. The number of carbonyl (C=O) groups is 1. The van der Waals surface area contributed by atoms with Gasteiger partial charge in [-0.15, -0.1) is 0 Å². The largest absolute Gasteiger partial charge is 0.477 e. The first kappa shape index (κ1) is 14.6. The van der Waals surface area contributed by atoms with Crippen molar-refractivity contribution >= 4 is 33.5 Å². The summed E-state index contributed by atoms with van der Waals surface area (Å²) in [5, 5.41) is 14.0.